The van der Waals surface area contributed by atoms with Gasteiger partial charge in [-0.2, -0.15) is 0 Å². The number of rotatable bonds is 12. The smallest absolute Gasteiger partial charge is 0.0352 e. The van der Waals surface area contributed by atoms with Crippen LogP contribution in [-0.4, -0.2) is 6.54 Å². The van der Waals surface area contributed by atoms with Crippen LogP contribution in [0.1, 0.15) is 76.7 Å². The highest BCUT2D eigenvalue weighted by atomic mass is 14.9. The fourth-order valence-corrected chi connectivity index (χ4v) is 2.56. The Bertz CT molecular complexity index is 403. The van der Waals surface area contributed by atoms with Crippen molar-refractivity contribution >= 4 is 5.69 Å². The first kappa shape index (κ1) is 17.6. The molecular formula is C20H31N. The van der Waals surface area contributed by atoms with E-state index in [0.29, 0.717) is 0 Å². The maximum absolute atomic E-state index is 5.40. The molecule has 116 valence electrons. The molecule has 0 unspecified atom stereocenters. The summed E-state index contributed by atoms with van der Waals surface area (Å²) in [5.41, 5.74) is 2.09. The second-order valence-electron chi connectivity index (χ2n) is 5.83. The Morgan fingerprint density at radius 1 is 0.905 bits per heavy atom. The number of unbranched alkanes of at least 4 members (excludes halogenated alkanes) is 9. The topological polar surface area (TPSA) is 12.0 Å². The van der Waals surface area contributed by atoms with Gasteiger partial charge in [0.25, 0.3) is 0 Å². The van der Waals surface area contributed by atoms with Gasteiger partial charge in [-0.25, -0.2) is 0 Å². The van der Waals surface area contributed by atoms with Crippen LogP contribution in [-0.2, 0) is 0 Å². The lowest BCUT2D eigenvalue weighted by Gasteiger charge is -2.07. The molecule has 0 bridgehead atoms. The van der Waals surface area contributed by atoms with E-state index in [1.54, 1.807) is 0 Å². The second kappa shape index (κ2) is 12.3. The van der Waals surface area contributed by atoms with Gasteiger partial charge < -0.3 is 5.32 Å². The highest BCUT2D eigenvalue weighted by Crippen LogP contribution is 2.12. The molecule has 1 nitrogen and oxygen atoms in total. The normalized spacial score (nSPS) is 10.3. The molecule has 1 N–H and O–H groups in total. The molecule has 0 amide bonds. The average Bonchev–Trinajstić information content (AvgIpc) is 2.53. The minimum Gasteiger partial charge on any atom is -0.385 e. The standard InChI is InChI=1S/C20H31N/c1-3-5-6-7-8-9-10-11-12-13-17-21-20-16-14-15-19(4-2)18-20/h2,14-16,18,21H,3,5-13,17H2,1H3. The van der Waals surface area contributed by atoms with Crippen LogP contribution in [0.15, 0.2) is 24.3 Å². The van der Waals surface area contributed by atoms with Crippen LogP contribution < -0.4 is 5.32 Å². The number of benzene rings is 1. The maximum atomic E-state index is 5.40. The summed E-state index contributed by atoms with van der Waals surface area (Å²) in [4.78, 5) is 0. The monoisotopic (exact) mass is 285 g/mol. The fraction of sp³-hybridized carbons (Fsp3) is 0.600. The van der Waals surface area contributed by atoms with Crippen molar-refractivity contribution in [2.75, 3.05) is 11.9 Å². The molecule has 0 aliphatic heterocycles. The van der Waals surface area contributed by atoms with Gasteiger partial charge in [0, 0.05) is 17.8 Å². The van der Waals surface area contributed by atoms with Gasteiger partial charge in [-0.05, 0) is 24.6 Å². The van der Waals surface area contributed by atoms with Gasteiger partial charge >= 0.3 is 0 Å². The van der Waals surface area contributed by atoms with E-state index in [4.69, 9.17) is 6.42 Å². The molecule has 1 rings (SSSR count). The lowest BCUT2D eigenvalue weighted by molar-refractivity contribution is 0.560. The molecule has 0 atom stereocenters. The maximum Gasteiger partial charge on any atom is 0.0352 e. The van der Waals surface area contributed by atoms with Crippen molar-refractivity contribution in [3.63, 3.8) is 0 Å². The summed E-state index contributed by atoms with van der Waals surface area (Å²) in [6.07, 6.45) is 19.2. The van der Waals surface area contributed by atoms with Crippen LogP contribution in [0, 0.1) is 12.3 Å². The van der Waals surface area contributed by atoms with E-state index in [0.717, 1.165) is 17.8 Å². The van der Waals surface area contributed by atoms with E-state index in [2.05, 4.69) is 24.2 Å². The Balaban J connectivity index is 1.92. The minimum atomic E-state index is 0.947. The summed E-state index contributed by atoms with van der Waals surface area (Å²) in [5, 5.41) is 3.45. The Morgan fingerprint density at radius 3 is 2.14 bits per heavy atom. The molecular weight excluding hydrogens is 254 g/mol. The Hall–Kier alpha value is -1.42. The zero-order valence-electron chi connectivity index (χ0n) is 13.7. The van der Waals surface area contributed by atoms with Crippen molar-refractivity contribution in [3.05, 3.63) is 29.8 Å². The van der Waals surface area contributed by atoms with E-state index in [1.165, 1.54) is 64.2 Å². The van der Waals surface area contributed by atoms with Crippen LogP contribution in [0.5, 0.6) is 0 Å². The zero-order valence-corrected chi connectivity index (χ0v) is 13.7. The molecule has 0 aliphatic rings. The molecule has 0 fully saturated rings. The number of hydrogen-bond donors (Lipinski definition) is 1. The highest BCUT2D eigenvalue weighted by molar-refractivity contribution is 5.49. The van der Waals surface area contributed by atoms with Crippen molar-refractivity contribution in [1.29, 1.82) is 0 Å². The van der Waals surface area contributed by atoms with E-state index < -0.39 is 0 Å². The summed E-state index contributed by atoms with van der Waals surface area (Å²) in [6.45, 7) is 3.32. The van der Waals surface area contributed by atoms with E-state index >= 15 is 0 Å². The van der Waals surface area contributed by atoms with Crippen molar-refractivity contribution in [2.45, 2.75) is 71.1 Å². The van der Waals surface area contributed by atoms with Crippen LogP contribution >= 0.6 is 0 Å². The van der Waals surface area contributed by atoms with Gasteiger partial charge in [0.1, 0.15) is 0 Å². The molecule has 1 heteroatoms. The van der Waals surface area contributed by atoms with Crippen LogP contribution in [0.4, 0.5) is 5.69 Å². The van der Waals surface area contributed by atoms with E-state index in [-0.39, 0.29) is 0 Å². The van der Waals surface area contributed by atoms with Crippen molar-refractivity contribution in [1.82, 2.24) is 0 Å². The minimum absolute atomic E-state index is 0.947. The molecule has 0 radical (unpaired) electrons. The molecule has 0 saturated carbocycles. The Kier molecular flexibility index (Phi) is 10.4. The quantitative estimate of drug-likeness (QED) is 0.367. The SMILES string of the molecule is C#Cc1cccc(NCCCCCCCCCCCC)c1. The van der Waals surface area contributed by atoms with Crippen LogP contribution in [0.25, 0.3) is 0 Å². The first-order chi connectivity index (χ1) is 10.4. The summed E-state index contributed by atoms with van der Waals surface area (Å²) < 4.78 is 0. The predicted octanol–water partition coefficient (Wildman–Crippen LogP) is 6.00. The van der Waals surface area contributed by atoms with Crippen LogP contribution in [0.3, 0.4) is 0 Å². The summed E-state index contributed by atoms with van der Waals surface area (Å²) in [7, 11) is 0. The van der Waals surface area contributed by atoms with Gasteiger partial charge in [0.2, 0.25) is 0 Å². The Morgan fingerprint density at radius 2 is 1.52 bits per heavy atom. The van der Waals surface area contributed by atoms with Gasteiger partial charge in [0.05, 0.1) is 0 Å². The van der Waals surface area contributed by atoms with Crippen molar-refractivity contribution in [3.8, 4) is 12.3 Å². The third-order valence-corrected chi connectivity index (χ3v) is 3.89. The molecule has 1 aromatic carbocycles. The first-order valence-electron chi connectivity index (χ1n) is 8.67. The third-order valence-electron chi connectivity index (χ3n) is 3.89. The number of terminal acetylenes is 1. The molecule has 21 heavy (non-hydrogen) atoms. The lowest BCUT2D eigenvalue weighted by Crippen LogP contribution is -2.01. The summed E-state index contributed by atoms with van der Waals surface area (Å²) >= 11 is 0. The van der Waals surface area contributed by atoms with Gasteiger partial charge in [-0.3, -0.25) is 0 Å². The van der Waals surface area contributed by atoms with Crippen LogP contribution in [0.2, 0.25) is 0 Å². The number of anilines is 1. The largest absolute Gasteiger partial charge is 0.385 e. The first-order valence-corrected chi connectivity index (χ1v) is 8.67. The van der Waals surface area contributed by atoms with Crippen molar-refractivity contribution in [2.24, 2.45) is 0 Å². The highest BCUT2D eigenvalue weighted by Gasteiger charge is 1.95. The second-order valence-corrected chi connectivity index (χ2v) is 5.83. The van der Waals surface area contributed by atoms with Gasteiger partial charge in [0.15, 0.2) is 0 Å². The van der Waals surface area contributed by atoms with Gasteiger partial charge in [-0.1, -0.05) is 76.7 Å². The van der Waals surface area contributed by atoms with Gasteiger partial charge in [-0.15, -0.1) is 6.42 Å². The summed E-state index contributed by atoms with van der Waals surface area (Å²) in [5.74, 6) is 2.67. The predicted molar refractivity (Wildman–Crippen MR) is 94.7 cm³/mol. The molecule has 0 aliphatic carbocycles. The number of nitrogens with one attached hydrogen (secondary N) is 1. The molecule has 0 spiro atoms. The number of hydrogen-bond acceptors (Lipinski definition) is 1. The Labute approximate surface area is 131 Å². The van der Waals surface area contributed by atoms with E-state index in [1.807, 2.05) is 18.2 Å². The third kappa shape index (κ3) is 9.19. The molecule has 0 heterocycles. The lowest BCUT2D eigenvalue weighted by atomic mass is 10.1. The zero-order chi connectivity index (χ0) is 15.2. The van der Waals surface area contributed by atoms with E-state index in [9.17, 15) is 0 Å². The summed E-state index contributed by atoms with van der Waals surface area (Å²) in [6, 6.07) is 8.09. The molecule has 0 aromatic heterocycles. The molecule has 0 saturated heterocycles. The fourth-order valence-electron chi connectivity index (χ4n) is 2.56. The molecule has 1 aromatic rings. The van der Waals surface area contributed by atoms with Crippen molar-refractivity contribution < 1.29 is 0 Å². The average molecular weight is 285 g/mol.